The number of aromatic hydroxyl groups is 1. The highest BCUT2D eigenvalue weighted by molar-refractivity contribution is 7.92. The maximum atomic E-state index is 12.7. The molecule has 0 saturated heterocycles. The van der Waals surface area contributed by atoms with Crippen molar-refractivity contribution in [1.29, 1.82) is 0 Å². The number of phenols is 1. The van der Waals surface area contributed by atoms with Gasteiger partial charge in [-0.1, -0.05) is 18.2 Å². The molecule has 0 aliphatic carbocycles. The molecule has 2 aromatic rings. The highest BCUT2D eigenvalue weighted by Crippen LogP contribution is 2.35. The maximum absolute atomic E-state index is 12.7. The molecule has 0 amide bonds. The molecule has 0 fully saturated rings. The fourth-order valence-electron chi connectivity index (χ4n) is 3.05. The summed E-state index contributed by atoms with van der Waals surface area (Å²) in [5.41, 5.74) is 1.34. The molecule has 0 saturated carbocycles. The second-order valence-electron chi connectivity index (χ2n) is 6.26. The summed E-state index contributed by atoms with van der Waals surface area (Å²) in [6.45, 7) is 0.468. The first-order valence-corrected chi connectivity index (χ1v) is 10.0. The highest BCUT2D eigenvalue weighted by atomic mass is 32.2. The summed E-state index contributed by atoms with van der Waals surface area (Å²) in [5.74, 6) is 0.974. The minimum atomic E-state index is -3.98. The van der Waals surface area contributed by atoms with Crippen molar-refractivity contribution in [3.05, 3.63) is 71.3 Å². The zero-order valence-corrected chi connectivity index (χ0v) is 15.9. The summed E-state index contributed by atoms with van der Waals surface area (Å²) in [6, 6.07) is 11.9. The van der Waals surface area contributed by atoms with E-state index in [4.69, 9.17) is 8.92 Å². The molecule has 2 aliphatic heterocycles. The number of hydrogen-bond donors (Lipinski definition) is 1. The average molecular weight is 398 g/mol. The number of methoxy groups -OCH3 is 1. The van der Waals surface area contributed by atoms with Crippen LogP contribution in [0.15, 0.2) is 70.7 Å². The molecule has 0 atom stereocenters. The number of nitrogens with zero attached hydrogens (tertiary/aromatic N) is 2. The first kappa shape index (κ1) is 18.1. The van der Waals surface area contributed by atoms with Gasteiger partial charge >= 0.3 is 10.1 Å². The Morgan fingerprint density at radius 1 is 1.21 bits per heavy atom. The second kappa shape index (κ2) is 7.05. The van der Waals surface area contributed by atoms with Gasteiger partial charge in [0.2, 0.25) is 0 Å². The van der Waals surface area contributed by atoms with Gasteiger partial charge in [0.15, 0.2) is 23.1 Å². The Labute approximate surface area is 163 Å². The van der Waals surface area contributed by atoms with Crippen LogP contribution < -0.4 is 8.92 Å². The van der Waals surface area contributed by atoms with E-state index in [-0.39, 0.29) is 16.4 Å². The topological polar surface area (TPSA) is 88.4 Å². The minimum absolute atomic E-state index is 0.0174. The van der Waals surface area contributed by atoms with Crippen molar-refractivity contribution in [2.24, 2.45) is 4.99 Å². The van der Waals surface area contributed by atoms with Crippen molar-refractivity contribution in [1.82, 2.24) is 4.90 Å². The number of aliphatic imine (C=N–C) groups is 1. The fourth-order valence-corrected chi connectivity index (χ4v) is 4.15. The Balaban J connectivity index is 1.64. The van der Waals surface area contributed by atoms with Crippen molar-refractivity contribution >= 4 is 21.6 Å². The molecule has 1 N–H and O–H groups in total. The number of amidine groups is 1. The van der Waals surface area contributed by atoms with Crippen LogP contribution in [0.2, 0.25) is 0 Å². The molecule has 0 bridgehead atoms. The molecule has 2 aromatic carbocycles. The lowest BCUT2D eigenvalue weighted by Crippen LogP contribution is -2.34. The van der Waals surface area contributed by atoms with Gasteiger partial charge in [-0.15, -0.1) is 0 Å². The van der Waals surface area contributed by atoms with Gasteiger partial charge < -0.3 is 18.9 Å². The number of allylic oxidation sites excluding steroid dienone is 2. The SMILES string of the molecule is COc1ccc(CCN2C=CC=C3C2=Nc2ccccc2OS3(=O)=O)cc1O. The van der Waals surface area contributed by atoms with Crippen molar-refractivity contribution in [3.8, 4) is 17.2 Å². The minimum Gasteiger partial charge on any atom is -0.504 e. The van der Waals surface area contributed by atoms with E-state index >= 15 is 0 Å². The molecule has 2 heterocycles. The van der Waals surface area contributed by atoms with Gasteiger partial charge in [-0.3, -0.25) is 0 Å². The van der Waals surface area contributed by atoms with Gasteiger partial charge in [0.1, 0.15) is 10.6 Å². The third-order valence-electron chi connectivity index (χ3n) is 4.45. The van der Waals surface area contributed by atoms with Crippen molar-refractivity contribution < 1.29 is 22.4 Å². The normalized spacial score (nSPS) is 16.8. The summed E-state index contributed by atoms with van der Waals surface area (Å²) >= 11 is 0. The first-order valence-electron chi connectivity index (χ1n) is 8.61. The van der Waals surface area contributed by atoms with E-state index in [9.17, 15) is 13.5 Å². The first-order chi connectivity index (χ1) is 13.5. The Morgan fingerprint density at radius 2 is 2.04 bits per heavy atom. The van der Waals surface area contributed by atoms with Crippen LogP contribution in [0.5, 0.6) is 17.2 Å². The summed E-state index contributed by atoms with van der Waals surface area (Å²) in [5, 5.41) is 9.95. The van der Waals surface area contributed by atoms with Crippen LogP contribution in [0.25, 0.3) is 0 Å². The lowest BCUT2D eigenvalue weighted by atomic mass is 10.1. The quantitative estimate of drug-likeness (QED) is 0.796. The maximum Gasteiger partial charge on any atom is 0.343 e. The second-order valence-corrected chi connectivity index (χ2v) is 7.78. The van der Waals surface area contributed by atoms with Gasteiger partial charge in [-0.05, 0) is 48.4 Å². The summed E-state index contributed by atoms with van der Waals surface area (Å²) < 4.78 is 35.6. The summed E-state index contributed by atoms with van der Waals surface area (Å²) in [6.07, 6.45) is 5.47. The third kappa shape index (κ3) is 3.34. The van der Waals surface area contributed by atoms with E-state index < -0.39 is 10.1 Å². The van der Waals surface area contributed by atoms with Crippen molar-refractivity contribution in [3.63, 3.8) is 0 Å². The summed E-state index contributed by atoms with van der Waals surface area (Å²) in [7, 11) is -2.49. The van der Waals surface area contributed by atoms with Crippen molar-refractivity contribution in [2.75, 3.05) is 13.7 Å². The van der Waals surface area contributed by atoms with E-state index in [0.29, 0.717) is 30.2 Å². The number of fused-ring (bicyclic) bond motifs is 2. The van der Waals surface area contributed by atoms with E-state index in [1.54, 1.807) is 53.6 Å². The van der Waals surface area contributed by atoms with Gasteiger partial charge in [0.25, 0.3) is 0 Å². The predicted octanol–water partition coefficient (Wildman–Crippen LogP) is 3.11. The summed E-state index contributed by atoms with van der Waals surface area (Å²) in [4.78, 5) is 6.33. The van der Waals surface area contributed by atoms with E-state index in [0.717, 1.165) is 5.56 Å². The molecule has 144 valence electrons. The van der Waals surface area contributed by atoms with Gasteiger partial charge in [-0.2, -0.15) is 8.42 Å². The number of hydrogen-bond acceptors (Lipinski definition) is 7. The number of phenolic OH excluding ortho intramolecular Hbond substituents is 1. The van der Waals surface area contributed by atoms with Crippen molar-refractivity contribution in [2.45, 2.75) is 6.42 Å². The molecule has 0 aromatic heterocycles. The third-order valence-corrected chi connectivity index (χ3v) is 5.71. The lowest BCUT2D eigenvalue weighted by molar-refractivity contribution is 0.373. The van der Waals surface area contributed by atoms with E-state index in [1.165, 1.54) is 13.2 Å². The molecule has 7 nitrogen and oxygen atoms in total. The van der Waals surface area contributed by atoms with Crippen LogP contribution >= 0.6 is 0 Å². The van der Waals surface area contributed by atoms with Crippen LogP contribution in [-0.2, 0) is 16.5 Å². The highest BCUT2D eigenvalue weighted by Gasteiger charge is 2.33. The smallest absolute Gasteiger partial charge is 0.343 e. The number of benzene rings is 2. The number of ether oxygens (including phenoxy) is 1. The lowest BCUT2D eigenvalue weighted by Gasteiger charge is -2.25. The van der Waals surface area contributed by atoms with Crippen LogP contribution in [0.1, 0.15) is 5.56 Å². The zero-order chi connectivity index (χ0) is 19.7. The molecule has 4 rings (SSSR count). The van der Waals surface area contributed by atoms with Gasteiger partial charge in [-0.25, -0.2) is 4.99 Å². The Kier molecular flexibility index (Phi) is 4.56. The van der Waals surface area contributed by atoms with E-state index in [2.05, 4.69) is 4.99 Å². The number of para-hydroxylation sites is 2. The molecule has 28 heavy (non-hydrogen) atoms. The standard InChI is InChI=1S/C20H18N2O5S/c1-26-18-9-8-14(13-16(18)23)10-12-22-11-4-7-19-20(22)21-15-5-2-3-6-17(15)27-28(19,24)25/h2-9,11,13,23H,10,12H2,1H3. The largest absolute Gasteiger partial charge is 0.504 e. The van der Waals surface area contributed by atoms with Gasteiger partial charge in [0.05, 0.1) is 7.11 Å². The zero-order valence-electron chi connectivity index (χ0n) is 15.1. The molecule has 8 heteroatoms. The Hall–Kier alpha value is -3.26. The average Bonchev–Trinajstić information content (AvgIpc) is 2.79. The molecule has 2 aliphatic rings. The molecular weight excluding hydrogens is 380 g/mol. The molecule has 0 unspecified atom stereocenters. The fraction of sp³-hybridized carbons (Fsp3) is 0.150. The van der Waals surface area contributed by atoms with E-state index in [1.807, 2.05) is 6.07 Å². The van der Waals surface area contributed by atoms with Crippen LogP contribution in [-0.4, -0.2) is 37.9 Å². The molecule has 0 radical (unpaired) electrons. The molecular formula is C20H18N2O5S. The van der Waals surface area contributed by atoms with Crippen LogP contribution in [0.4, 0.5) is 5.69 Å². The Bertz CT molecular complexity index is 1120. The van der Waals surface area contributed by atoms with Crippen LogP contribution in [0.3, 0.4) is 0 Å². The number of rotatable bonds is 4. The van der Waals surface area contributed by atoms with Gasteiger partial charge in [0, 0.05) is 12.7 Å². The van der Waals surface area contributed by atoms with Crippen LogP contribution in [0, 0.1) is 0 Å². The predicted molar refractivity (Wildman–Crippen MR) is 105 cm³/mol. The monoisotopic (exact) mass is 398 g/mol. The Morgan fingerprint density at radius 3 is 2.82 bits per heavy atom. The molecule has 0 spiro atoms.